The number of benzene rings is 2. The van der Waals surface area contributed by atoms with E-state index in [-0.39, 0.29) is 36.0 Å². The summed E-state index contributed by atoms with van der Waals surface area (Å²) in [6.07, 6.45) is 8.08. The molecule has 1 aliphatic heterocycles. The van der Waals surface area contributed by atoms with Gasteiger partial charge in [-0.15, -0.1) is 12.8 Å². The minimum atomic E-state index is -0.714. The highest BCUT2D eigenvalue weighted by atomic mass is 32.1. The number of nitrogens with one attached hydrogen (secondary N) is 2. The number of allylic oxidation sites excluding steroid dienone is 1. The molecule has 0 saturated carbocycles. The summed E-state index contributed by atoms with van der Waals surface area (Å²) in [6, 6.07) is 15.9. The minimum Gasteiger partial charge on any atom is -0.404 e. The minimum absolute atomic E-state index is 0.164. The van der Waals surface area contributed by atoms with E-state index in [1.807, 2.05) is 39.0 Å². The molecule has 2 aromatic carbocycles. The van der Waals surface area contributed by atoms with Crippen molar-refractivity contribution in [1.82, 2.24) is 10.2 Å². The molecule has 1 fully saturated rings. The number of hydrogen-bond acceptors (Lipinski definition) is 9. The van der Waals surface area contributed by atoms with Crippen LogP contribution in [0.4, 0.5) is 15.8 Å². The van der Waals surface area contributed by atoms with E-state index >= 15 is 0 Å². The van der Waals surface area contributed by atoms with Crippen LogP contribution in [-0.2, 0) is 14.4 Å². The second kappa shape index (κ2) is 24.8. The van der Waals surface area contributed by atoms with Gasteiger partial charge in [0.2, 0.25) is 18.2 Å². The van der Waals surface area contributed by atoms with Crippen LogP contribution < -0.4 is 21.5 Å². The lowest BCUT2D eigenvalue weighted by Crippen LogP contribution is -2.49. The van der Waals surface area contributed by atoms with E-state index in [1.165, 1.54) is 29.9 Å². The smallest absolute Gasteiger partial charge is 0.246 e. The summed E-state index contributed by atoms with van der Waals surface area (Å²) >= 11 is 3.03. The lowest BCUT2D eigenvalue weighted by Gasteiger charge is -2.29. The van der Waals surface area contributed by atoms with Crippen molar-refractivity contribution in [1.29, 1.82) is 5.26 Å². The molecule has 2 aromatic rings. The summed E-state index contributed by atoms with van der Waals surface area (Å²) in [5, 5.41) is 26.0. The number of anilines is 1. The number of carbonyl (C=O) groups excluding carboxylic acids is 3. The van der Waals surface area contributed by atoms with Crippen LogP contribution in [0.15, 0.2) is 71.4 Å². The lowest BCUT2D eigenvalue weighted by atomic mass is 9.87. The van der Waals surface area contributed by atoms with Crippen molar-refractivity contribution >= 4 is 48.6 Å². The molecular weight excluding hydrogens is 646 g/mol. The first kappa shape index (κ1) is 44.8. The maximum absolute atomic E-state index is 12.9. The number of nitrogens with two attached hydrogens (primary N) is 2. The number of halogens is 1. The number of nitrogens with zero attached hydrogens (tertiary/aromatic N) is 3. The first-order valence-corrected chi connectivity index (χ1v) is 16.6. The number of amides is 3. The highest BCUT2D eigenvalue weighted by Gasteiger charge is 2.41. The number of aliphatic hydroxyl groups excluding tert-OH is 1. The highest BCUT2D eigenvalue weighted by molar-refractivity contribution is 7.77. The van der Waals surface area contributed by atoms with Crippen molar-refractivity contribution in [2.24, 2.45) is 33.1 Å². The Hall–Kier alpha value is -4.25. The van der Waals surface area contributed by atoms with Crippen LogP contribution in [0.5, 0.6) is 0 Å². The fourth-order valence-electron chi connectivity index (χ4n) is 4.96. The summed E-state index contributed by atoms with van der Waals surface area (Å²) in [6.45, 7) is 10.4. The van der Waals surface area contributed by atoms with Gasteiger partial charge in [-0.2, -0.15) is 5.26 Å². The summed E-state index contributed by atoms with van der Waals surface area (Å²) < 4.78 is 12.7. The van der Waals surface area contributed by atoms with Crippen LogP contribution in [0.2, 0.25) is 0 Å². The number of carbonyl (C=O) groups is 3. The molecule has 3 amide bonds. The van der Waals surface area contributed by atoms with E-state index < -0.39 is 18.0 Å². The van der Waals surface area contributed by atoms with E-state index in [9.17, 15) is 24.0 Å². The number of para-hydroxylation sites is 1. The van der Waals surface area contributed by atoms with Gasteiger partial charge in [0.15, 0.2) is 0 Å². The maximum Gasteiger partial charge on any atom is 0.246 e. The van der Waals surface area contributed by atoms with Crippen LogP contribution in [0, 0.1) is 34.4 Å². The molecule has 0 radical (unpaired) electrons. The maximum atomic E-state index is 12.9. The van der Waals surface area contributed by atoms with Gasteiger partial charge >= 0.3 is 0 Å². The second-order valence-corrected chi connectivity index (χ2v) is 12.5. The van der Waals surface area contributed by atoms with Gasteiger partial charge in [0.25, 0.3) is 0 Å². The summed E-state index contributed by atoms with van der Waals surface area (Å²) in [5.41, 5.74) is 7.87. The van der Waals surface area contributed by atoms with Gasteiger partial charge < -0.3 is 26.4 Å². The van der Waals surface area contributed by atoms with Gasteiger partial charge in [-0.25, -0.2) is 4.39 Å². The van der Waals surface area contributed by atoms with E-state index in [2.05, 4.69) is 53.5 Å². The molecule has 270 valence electrons. The third-order valence-corrected chi connectivity index (χ3v) is 7.47. The monoisotopic (exact) mass is 699 g/mol. The number of nitriles is 1. The quantitative estimate of drug-likeness (QED) is 0.0957. The van der Waals surface area contributed by atoms with Crippen LogP contribution in [-0.4, -0.2) is 60.2 Å². The molecular formula is C36H54FN7O4S. The molecule has 7 N–H and O–H groups in total. The van der Waals surface area contributed by atoms with E-state index in [0.29, 0.717) is 24.4 Å². The van der Waals surface area contributed by atoms with Crippen LogP contribution >= 0.6 is 12.8 Å². The van der Waals surface area contributed by atoms with Crippen molar-refractivity contribution in [2.75, 3.05) is 19.0 Å². The third-order valence-electron chi connectivity index (χ3n) is 7.47. The van der Waals surface area contributed by atoms with Crippen molar-refractivity contribution in [2.45, 2.75) is 78.8 Å². The van der Waals surface area contributed by atoms with Crippen molar-refractivity contribution in [3.05, 3.63) is 72.2 Å². The number of rotatable bonds is 12. The SMILES string of the molecule is CC(C)(C)C[C@H](NC=O)C(=O)N1CC(C(=O)Nc2ccccc2)CC1C#N.CCCCC(C)/C(C=Nc1ccc(F)cc1)=C/N.CO.NS. The molecule has 0 aromatic heterocycles. The molecule has 3 unspecified atom stereocenters. The number of likely N-dealkylation sites (tertiary alicyclic amines) is 1. The van der Waals surface area contributed by atoms with Crippen LogP contribution in [0.3, 0.4) is 0 Å². The Morgan fingerprint density at radius 1 is 1.16 bits per heavy atom. The molecule has 11 nitrogen and oxygen atoms in total. The standard InChI is InChI=1S/C20H26N4O3.C15H21FN2.CH4O.H3NS/c1-20(2,3)10-17(22-13-25)19(27)24-12-14(9-16(24)11-21)18(26)23-15-7-5-4-6-8-15;1-3-4-5-12(2)13(10-17)11-18-15-8-6-14(16)7-9-15;2*1-2/h4-8,13-14,16-17H,9-10,12H2,1-3H3,(H,22,25)(H,23,26);6-12H,3-5,17H2,1-2H3;2H,1H3;2H,1H2/b;13-10+,18-11?;;/t14?,16?,17-;;;/m0.../s1. The zero-order valence-corrected chi connectivity index (χ0v) is 30.4. The van der Waals surface area contributed by atoms with E-state index in [1.54, 1.807) is 36.7 Å². The zero-order chi connectivity index (χ0) is 37.4. The highest BCUT2D eigenvalue weighted by Crippen LogP contribution is 2.28. The zero-order valence-electron chi connectivity index (χ0n) is 29.5. The van der Waals surface area contributed by atoms with Gasteiger partial charge in [0.1, 0.15) is 17.9 Å². The molecule has 49 heavy (non-hydrogen) atoms. The molecule has 1 heterocycles. The van der Waals surface area contributed by atoms with Gasteiger partial charge in [-0.1, -0.05) is 65.7 Å². The Bertz CT molecular complexity index is 1350. The van der Waals surface area contributed by atoms with Crippen molar-refractivity contribution in [3.63, 3.8) is 0 Å². The van der Waals surface area contributed by atoms with Gasteiger partial charge in [0.05, 0.1) is 17.7 Å². The third kappa shape index (κ3) is 17.1. The van der Waals surface area contributed by atoms with Crippen molar-refractivity contribution in [3.8, 4) is 6.07 Å². The average molecular weight is 700 g/mol. The Balaban J connectivity index is 0.000000910. The summed E-state index contributed by atoms with van der Waals surface area (Å²) in [4.78, 5) is 42.1. The van der Waals surface area contributed by atoms with E-state index in [0.717, 1.165) is 24.8 Å². The van der Waals surface area contributed by atoms with Crippen LogP contribution in [0.25, 0.3) is 0 Å². The Kier molecular flexibility index (Phi) is 22.7. The number of unbranched alkanes of at least 4 members (excludes halogenated alkanes) is 1. The molecule has 0 bridgehead atoms. The lowest BCUT2D eigenvalue weighted by molar-refractivity contribution is -0.135. The van der Waals surface area contributed by atoms with Crippen LogP contribution in [0.1, 0.15) is 66.7 Å². The Morgan fingerprint density at radius 3 is 2.29 bits per heavy atom. The molecule has 4 atom stereocenters. The van der Waals surface area contributed by atoms with Gasteiger partial charge in [-0.3, -0.25) is 24.5 Å². The molecule has 13 heteroatoms. The van der Waals surface area contributed by atoms with Gasteiger partial charge in [0, 0.05) is 25.6 Å². The molecule has 0 spiro atoms. The number of thiol groups is 1. The molecule has 1 aliphatic rings. The first-order chi connectivity index (χ1) is 23.4. The molecule has 3 rings (SSSR count). The average Bonchev–Trinajstić information content (AvgIpc) is 3.55. The Labute approximate surface area is 296 Å². The van der Waals surface area contributed by atoms with E-state index in [4.69, 9.17) is 10.8 Å². The number of hydrogen-bond donors (Lipinski definition) is 6. The summed E-state index contributed by atoms with van der Waals surface area (Å²) in [7, 11) is 1.00. The summed E-state index contributed by atoms with van der Waals surface area (Å²) in [5.74, 6) is -0.851. The molecule has 1 saturated heterocycles. The number of aliphatic hydroxyl groups is 1. The molecule has 0 aliphatic carbocycles. The normalized spacial score (nSPS) is 16.7. The topological polar surface area (TPSA) is 187 Å². The largest absolute Gasteiger partial charge is 0.404 e. The number of aliphatic imine (C=N–C) groups is 1. The van der Waals surface area contributed by atoms with Crippen molar-refractivity contribution < 1.29 is 23.9 Å². The van der Waals surface area contributed by atoms with Gasteiger partial charge in [-0.05, 0) is 78.8 Å². The first-order valence-electron chi connectivity index (χ1n) is 16.1. The predicted octanol–water partition coefficient (Wildman–Crippen LogP) is 5.51. The Morgan fingerprint density at radius 2 is 1.78 bits per heavy atom. The fraction of sp³-hybridized carbons (Fsp3) is 0.472. The predicted molar refractivity (Wildman–Crippen MR) is 198 cm³/mol. The second-order valence-electron chi connectivity index (χ2n) is 12.5. The fourth-order valence-corrected chi connectivity index (χ4v) is 4.96.